The summed E-state index contributed by atoms with van der Waals surface area (Å²) in [6.07, 6.45) is 2.15. The smallest absolute Gasteiger partial charge is 0.134 e. The van der Waals surface area contributed by atoms with Crippen molar-refractivity contribution in [2.24, 2.45) is 10.7 Å². The largest absolute Gasteiger partial charge is 0.375 e. The van der Waals surface area contributed by atoms with Gasteiger partial charge in [-0.05, 0) is 49.7 Å². The molecule has 0 rings (SSSR count). The molecule has 0 aromatic carbocycles. The minimum absolute atomic E-state index is 0.0668. The van der Waals surface area contributed by atoms with Crippen LogP contribution in [0.15, 0.2) is 4.99 Å². The van der Waals surface area contributed by atoms with Crippen LogP contribution in [0.5, 0.6) is 0 Å². The number of hydrogen-bond donors (Lipinski definition) is 2. The highest BCUT2D eigenvalue weighted by atomic mass is 32.2. The molecule has 3 N–H and O–H groups in total. The van der Waals surface area contributed by atoms with Gasteiger partial charge in [-0.1, -0.05) is 13.8 Å². The lowest BCUT2D eigenvalue weighted by atomic mass is 10.3. The molecule has 0 spiro atoms. The number of aliphatic hydroxyl groups is 1. The Balaban J connectivity index is 0. The lowest BCUT2D eigenvalue weighted by Crippen LogP contribution is -2.15. The SMILES string of the molecule is CCSCCC(C)=NCO.CCSCCC(C)N. The van der Waals surface area contributed by atoms with Crippen molar-refractivity contribution >= 4 is 29.2 Å². The molecular formula is C13H30N2OS2. The number of thioether (sulfide) groups is 2. The normalized spacial score (nSPS) is 12.9. The molecule has 0 radical (unpaired) electrons. The first-order valence-corrected chi connectivity index (χ1v) is 8.91. The summed E-state index contributed by atoms with van der Waals surface area (Å²) in [7, 11) is 0. The lowest BCUT2D eigenvalue weighted by molar-refractivity contribution is 0.309. The molecule has 1 atom stereocenters. The van der Waals surface area contributed by atoms with Crippen LogP contribution in [0.2, 0.25) is 0 Å². The van der Waals surface area contributed by atoms with Crippen LogP contribution in [0, 0.1) is 0 Å². The van der Waals surface area contributed by atoms with Crippen molar-refractivity contribution in [2.45, 2.75) is 46.6 Å². The highest BCUT2D eigenvalue weighted by Gasteiger charge is 1.91. The summed E-state index contributed by atoms with van der Waals surface area (Å²) in [5.74, 6) is 4.71. The molecule has 5 heteroatoms. The zero-order valence-electron chi connectivity index (χ0n) is 12.3. The molecule has 0 heterocycles. The standard InChI is InChI=1S/C7H15NOS.C6H15NS/c1-3-10-5-4-7(2)8-6-9;1-3-8-5-4-6(2)7/h9H,3-6H2,1-2H3;6H,3-5,7H2,1-2H3. The Labute approximate surface area is 121 Å². The van der Waals surface area contributed by atoms with Crippen molar-refractivity contribution in [1.82, 2.24) is 0 Å². The molecule has 0 aromatic heterocycles. The van der Waals surface area contributed by atoms with Crippen LogP contribution in [-0.4, -0.2) is 46.6 Å². The second-order valence-electron chi connectivity index (χ2n) is 3.94. The van der Waals surface area contributed by atoms with Gasteiger partial charge in [0.05, 0.1) is 0 Å². The molecule has 3 nitrogen and oxygen atoms in total. The maximum absolute atomic E-state index is 8.40. The molecule has 0 aliphatic heterocycles. The summed E-state index contributed by atoms with van der Waals surface area (Å²) in [5.41, 5.74) is 6.56. The zero-order chi connectivity index (χ0) is 14.2. The van der Waals surface area contributed by atoms with Gasteiger partial charge in [-0.25, -0.2) is 0 Å². The highest BCUT2D eigenvalue weighted by molar-refractivity contribution is 7.99. The third kappa shape index (κ3) is 21.6. The molecule has 0 bridgehead atoms. The number of hydrogen-bond acceptors (Lipinski definition) is 5. The predicted molar refractivity (Wildman–Crippen MR) is 89.1 cm³/mol. The summed E-state index contributed by atoms with van der Waals surface area (Å²) in [4.78, 5) is 3.86. The van der Waals surface area contributed by atoms with E-state index in [0.717, 1.165) is 30.1 Å². The van der Waals surface area contributed by atoms with E-state index in [1.54, 1.807) is 0 Å². The van der Waals surface area contributed by atoms with E-state index in [-0.39, 0.29) is 6.73 Å². The molecule has 0 aliphatic carbocycles. The van der Waals surface area contributed by atoms with Gasteiger partial charge in [0.15, 0.2) is 0 Å². The summed E-state index contributed by atoms with van der Waals surface area (Å²) >= 11 is 3.86. The van der Waals surface area contributed by atoms with E-state index in [4.69, 9.17) is 10.8 Å². The minimum atomic E-state index is -0.0668. The number of aliphatic imine (C=N–C) groups is 1. The van der Waals surface area contributed by atoms with Crippen LogP contribution < -0.4 is 5.73 Å². The first-order valence-electron chi connectivity index (χ1n) is 6.60. The van der Waals surface area contributed by atoms with Crippen LogP contribution in [0.4, 0.5) is 0 Å². The molecule has 0 aromatic rings. The highest BCUT2D eigenvalue weighted by Crippen LogP contribution is 2.02. The van der Waals surface area contributed by atoms with Gasteiger partial charge in [-0.3, -0.25) is 4.99 Å². The third-order valence-corrected chi connectivity index (χ3v) is 3.91. The van der Waals surface area contributed by atoms with Gasteiger partial charge in [-0.2, -0.15) is 23.5 Å². The summed E-state index contributed by atoms with van der Waals surface area (Å²) in [5, 5.41) is 8.40. The fraction of sp³-hybridized carbons (Fsp3) is 0.923. The first-order chi connectivity index (χ1) is 8.58. The molecule has 0 saturated carbocycles. The van der Waals surface area contributed by atoms with Crippen LogP contribution in [0.25, 0.3) is 0 Å². The van der Waals surface area contributed by atoms with Crippen molar-refractivity contribution in [1.29, 1.82) is 0 Å². The Bertz CT molecular complexity index is 188. The fourth-order valence-electron chi connectivity index (χ4n) is 0.978. The maximum Gasteiger partial charge on any atom is 0.134 e. The van der Waals surface area contributed by atoms with E-state index < -0.39 is 0 Å². The molecule has 0 amide bonds. The van der Waals surface area contributed by atoms with Crippen molar-refractivity contribution in [3.63, 3.8) is 0 Å². The maximum atomic E-state index is 8.40. The molecular weight excluding hydrogens is 264 g/mol. The molecule has 18 heavy (non-hydrogen) atoms. The van der Waals surface area contributed by atoms with Crippen LogP contribution in [-0.2, 0) is 0 Å². The van der Waals surface area contributed by atoms with E-state index in [2.05, 4.69) is 25.8 Å². The van der Waals surface area contributed by atoms with Gasteiger partial charge < -0.3 is 10.8 Å². The van der Waals surface area contributed by atoms with Crippen LogP contribution in [0.1, 0.15) is 40.5 Å². The fourth-order valence-corrected chi connectivity index (χ4v) is 2.53. The van der Waals surface area contributed by atoms with Crippen molar-refractivity contribution < 1.29 is 5.11 Å². The van der Waals surface area contributed by atoms with Crippen LogP contribution >= 0.6 is 23.5 Å². The quantitative estimate of drug-likeness (QED) is 0.507. The van der Waals surface area contributed by atoms with Gasteiger partial charge in [0.25, 0.3) is 0 Å². The van der Waals surface area contributed by atoms with Crippen molar-refractivity contribution in [3.8, 4) is 0 Å². The lowest BCUT2D eigenvalue weighted by Gasteiger charge is -2.01. The molecule has 0 fully saturated rings. The number of nitrogens with zero attached hydrogens (tertiary/aromatic N) is 1. The summed E-state index contributed by atoms with van der Waals surface area (Å²) < 4.78 is 0. The van der Waals surface area contributed by atoms with Crippen LogP contribution in [0.3, 0.4) is 0 Å². The number of rotatable bonds is 9. The Hall–Kier alpha value is 0.290. The average molecular weight is 295 g/mol. The van der Waals surface area contributed by atoms with Crippen molar-refractivity contribution in [3.05, 3.63) is 0 Å². The molecule has 110 valence electrons. The Kier molecular flexibility index (Phi) is 19.8. The molecule has 0 saturated heterocycles. The second kappa shape index (κ2) is 17.3. The second-order valence-corrected chi connectivity index (χ2v) is 6.73. The van der Waals surface area contributed by atoms with Gasteiger partial charge >= 0.3 is 0 Å². The summed E-state index contributed by atoms with van der Waals surface area (Å²) in [6.45, 7) is 8.25. The third-order valence-electron chi connectivity index (χ3n) is 2.07. The van der Waals surface area contributed by atoms with Gasteiger partial charge in [0, 0.05) is 11.8 Å². The van der Waals surface area contributed by atoms with E-state index in [9.17, 15) is 0 Å². The Morgan fingerprint density at radius 3 is 2.22 bits per heavy atom. The Morgan fingerprint density at radius 1 is 1.22 bits per heavy atom. The average Bonchev–Trinajstić information content (AvgIpc) is 2.30. The number of aliphatic hydroxyl groups excluding tert-OH is 1. The zero-order valence-corrected chi connectivity index (χ0v) is 13.9. The topological polar surface area (TPSA) is 58.6 Å². The van der Waals surface area contributed by atoms with Gasteiger partial charge in [-0.15, -0.1) is 0 Å². The van der Waals surface area contributed by atoms with E-state index in [1.807, 2.05) is 30.4 Å². The van der Waals surface area contributed by atoms with E-state index >= 15 is 0 Å². The van der Waals surface area contributed by atoms with Crippen molar-refractivity contribution in [2.75, 3.05) is 29.7 Å². The Morgan fingerprint density at radius 2 is 1.78 bits per heavy atom. The molecule has 1 unspecified atom stereocenters. The van der Waals surface area contributed by atoms with Gasteiger partial charge in [0.1, 0.15) is 6.73 Å². The van der Waals surface area contributed by atoms with E-state index in [0.29, 0.717) is 6.04 Å². The van der Waals surface area contributed by atoms with Gasteiger partial charge in [0.2, 0.25) is 0 Å². The minimum Gasteiger partial charge on any atom is -0.375 e. The number of nitrogens with two attached hydrogens (primary N) is 1. The van der Waals surface area contributed by atoms with E-state index in [1.165, 1.54) is 11.5 Å². The first kappa shape index (κ1) is 20.6. The predicted octanol–water partition coefficient (Wildman–Crippen LogP) is 3.02. The molecule has 0 aliphatic rings. The monoisotopic (exact) mass is 294 g/mol. The summed E-state index contributed by atoms with van der Waals surface area (Å²) in [6, 6.07) is 0.383.